The van der Waals surface area contributed by atoms with E-state index in [1.807, 2.05) is 14.1 Å². The highest BCUT2D eigenvalue weighted by molar-refractivity contribution is 4.74. The monoisotopic (exact) mass is 173 g/mol. The Morgan fingerprint density at radius 1 is 1.42 bits per heavy atom. The first-order chi connectivity index (χ1) is 5.76. The summed E-state index contributed by atoms with van der Waals surface area (Å²) in [7, 11) is 6.00. The molecule has 0 bridgehead atoms. The van der Waals surface area contributed by atoms with E-state index in [1.165, 1.54) is 0 Å². The molecule has 1 aliphatic heterocycles. The highest BCUT2D eigenvalue weighted by Gasteiger charge is 2.23. The van der Waals surface area contributed by atoms with E-state index in [4.69, 9.17) is 4.74 Å². The molecule has 1 saturated heterocycles. The molecule has 0 aromatic heterocycles. The number of morpholine rings is 1. The van der Waals surface area contributed by atoms with Crippen molar-refractivity contribution in [2.24, 2.45) is 0 Å². The minimum absolute atomic E-state index is 0.182. The molecule has 72 valence electrons. The molecule has 0 aromatic rings. The van der Waals surface area contributed by atoms with Gasteiger partial charge in [0.15, 0.2) is 0 Å². The summed E-state index contributed by atoms with van der Waals surface area (Å²) in [4.78, 5) is 2.28. The predicted molar refractivity (Wildman–Crippen MR) is 49.1 cm³/mol. The maximum Gasteiger partial charge on any atom is 0.121 e. The fourth-order valence-corrected chi connectivity index (χ4v) is 1.52. The third kappa shape index (κ3) is 2.71. The largest absolute Gasteiger partial charge is 0.356 e. The lowest BCUT2D eigenvalue weighted by Crippen LogP contribution is -2.53. The van der Waals surface area contributed by atoms with Crippen molar-refractivity contribution in [1.82, 2.24) is 15.5 Å². The molecule has 0 saturated carbocycles. The second kappa shape index (κ2) is 4.77. The Bertz CT molecular complexity index is 131. The zero-order valence-electron chi connectivity index (χ0n) is 8.13. The number of rotatable bonds is 3. The highest BCUT2D eigenvalue weighted by atomic mass is 16.5. The van der Waals surface area contributed by atoms with E-state index in [9.17, 15) is 0 Å². The van der Waals surface area contributed by atoms with Gasteiger partial charge in [-0.2, -0.15) is 0 Å². The number of ether oxygens (including phenoxy) is 1. The maximum atomic E-state index is 5.73. The lowest BCUT2D eigenvalue weighted by molar-refractivity contribution is -0.0872. The predicted octanol–water partition coefficient (Wildman–Crippen LogP) is -0.918. The van der Waals surface area contributed by atoms with Crippen molar-refractivity contribution in [1.29, 1.82) is 0 Å². The van der Waals surface area contributed by atoms with Crippen LogP contribution < -0.4 is 10.6 Å². The SMILES string of the molecule is CNCC1CN(C)CC(NC)O1. The lowest BCUT2D eigenvalue weighted by Gasteiger charge is -2.35. The lowest BCUT2D eigenvalue weighted by atomic mass is 10.2. The fourth-order valence-electron chi connectivity index (χ4n) is 1.52. The molecule has 0 spiro atoms. The zero-order chi connectivity index (χ0) is 8.97. The molecule has 0 amide bonds. The summed E-state index contributed by atoms with van der Waals surface area (Å²) in [6.07, 6.45) is 0.494. The molecule has 1 fully saturated rings. The third-order valence-electron chi connectivity index (χ3n) is 2.10. The van der Waals surface area contributed by atoms with Crippen molar-refractivity contribution in [2.45, 2.75) is 12.3 Å². The summed E-state index contributed by atoms with van der Waals surface area (Å²) in [6.45, 7) is 2.90. The Balaban J connectivity index is 2.34. The third-order valence-corrected chi connectivity index (χ3v) is 2.10. The van der Waals surface area contributed by atoms with Gasteiger partial charge in [-0.25, -0.2) is 0 Å². The van der Waals surface area contributed by atoms with Crippen LogP contribution in [0.2, 0.25) is 0 Å². The normalized spacial score (nSPS) is 32.2. The molecule has 0 radical (unpaired) electrons. The van der Waals surface area contributed by atoms with Gasteiger partial charge in [0.2, 0.25) is 0 Å². The average molecular weight is 173 g/mol. The molecule has 0 aliphatic carbocycles. The van der Waals surface area contributed by atoms with E-state index in [0.717, 1.165) is 19.6 Å². The van der Waals surface area contributed by atoms with Crippen molar-refractivity contribution in [3.8, 4) is 0 Å². The standard InChI is InChI=1S/C8H19N3O/c1-9-4-7-5-11(3)6-8(10-2)12-7/h7-10H,4-6H2,1-3H3. The second-order valence-corrected chi connectivity index (χ2v) is 3.31. The molecule has 2 N–H and O–H groups in total. The van der Waals surface area contributed by atoms with Crippen molar-refractivity contribution in [3.05, 3.63) is 0 Å². The molecule has 1 rings (SSSR count). The van der Waals surface area contributed by atoms with E-state index in [1.54, 1.807) is 0 Å². The van der Waals surface area contributed by atoms with Gasteiger partial charge in [0.05, 0.1) is 6.10 Å². The summed E-state index contributed by atoms with van der Waals surface area (Å²) in [5.74, 6) is 0. The van der Waals surface area contributed by atoms with Gasteiger partial charge in [0, 0.05) is 19.6 Å². The summed E-state index contributed by atoms with van der Waals surface area (Å²) in [5, 5.41) is 6.25. The van der Waals surface area contributed by atoms with Gasteiger partial charge in [0.25, 0.3) is 0 Å². The van der Waals surface area contributed by atoms with E-state index >= 15 is 0 Å². The van der Waals surface area contributed by atoms with Crippen LogP contribution in [0.15, 0.2) is 0 Å². The van der Waals surface area contributed by atoms with Crippen LogP contribution in [0.25, 0.3) is 0 Å². The van der Waals surface area contributed by atoms with Crippen LogP contribution in [0.1, 0.15) is 0 Å². The molecule has 1 heterocycles. The quantitative estimate of drug-likeness (QED) is 0.579. The van der Waals surface area contributed by atoms with Crippen molar-refractivity contribution in [3.63, 3.8) is 0 Å². The minimum atomic E-state index is 0.182. The van der Waals surface area contributed by atoms with E-state index in [-0.39, 0.29) is 6.23 Å². The van der Waals surface area contributed by atoms with Gasteiger partial charge in [-0.1, -0.05) is 0 Å². The number of nitrogens with one attached hydrogen (secondary N) is 2. The van der Waals surface area contributed by atoms with E-state index in [2.05, 4.69) is 22.6 Å². The van der Waals surface area contributed by atoms with Gasteiger partial charge < -0.3 is 10.1 Å². The van der Waals surface area contributed by atoms with Gasteiger partial charge in [0.1, 0.15) is 6.23 Å². The van der Waals surface area contributed by atoms with Crippen LogP contribution in [0.3, 0.4) is 0 Å². The van der Waals surface area contributed by atoms with Crippen LogP contribution in [-0.4, -0.2) is 58.0 Å². The highest BCUT2D eigenvalue weighted by Crippen LogP contribution is 2.06. The number of likely N-dealkylation sites (N-methyl/N-ethyl adjacent to an activating group) is 3. The molecule has 4 nitrogen and oxygen atoms in total. The fraction of sp³-hybridized carbons (Fsp3) is 1.00. The molecule has 2 unspecified atom stereocenters. The Morgan fingerprint density at radius 2 is 2.17 bits per heavy atom. The summed E-state index contributed by atoms with van der Waals surface area (Å²) < 4.78 is 5.73. The smallest absolute Gasteiger partial charge is 0.121 e. The van der Waals surface area contributed by atoms with Crippen LogP contribution >= 0.6 is 0 Å². The average Bonchev–Trinajstić information content (AvgIpc) is 2.04. The van der Waals surface area contributed by atoms with Gasteiger partial charge in [-0.3, -0.25) is 10.2 Å². The van der Waals surface area contributed by atoms with Crippen LogP contribution in [0.4, 0.5) is 0 Å². The molecular weight excluding hydrogens is 154 g/mol. The first kappa shape index (κ1) is 9.92. The number of hydrogen-bond donors (Lipinski definition) is 2. The minimum Gasteiger partial charge on any atom is -0.356 e. The zero-order valence-corrected chi connectivity index (χ0v) is 8.13. The molecule has 12 heavy (non-hydrogen) atoms. The van der Waals surface area contributed by atoms with Crippen molar-refractivity contribution in [2.75, 3.05) is 40.8 Å². The van der Waals surface area contributed by atoms with Crippen molar-refractivity contribution >= 4 is 0 Å². The van der Waals surface area contributed by atoms with Gasteiger partial charge in [-0.05, 0) is 21.1 Å². The molecule has 4 heteroatoms. The van der Waals surface area contributed by atoms with Crippen molar-refractivity contribution < 1.29 is 4.74 Å². The Labute approximate surface area is 74.3 Å². The topological polar surface area (TPSA) is 36.5 Å². The molecule has 0 aromatic carbocycles. The van der Waals surface area contributed by atoms with Gasteiger partial charge in [-0.15, -0.1) is 0 Å². The van der Waals surface area contributed by atoms with Crippen LogP contribution in [0.5, 0.6) is 0 Å². The van der Waals surface area contributed by atoms with E-state index < -0.39 is 0 Å². The Kier molecular flexibility index (Phi) is 3.94. The van der Waals surface area contributed by atoms with Gasteiger partial charge >= 0.3 is 0 Å². The van der Waals surface area contributed by atoms with E-state index in [0.29, 0.717) is 6.10 Å². The van der Waals surface area contributed by atoms with Crippen LogP contribution in [0, 0.1) is 0 Å². The number of nitrogens with zero attached hydrogens (tertiary/aromatic N) is 1. The first-order valence-electron chi connectivity index (χ1n) is 4.42. The molecular formula is C8H19N3O. The molecule has 1 aliphatic rings. The first-order valence-corrected chi connectivity index (χ1v) is 4.42. The Hall–Kier alpha value is -0.160. The summed E-state index contributed by atoms with van der Waals surface area (Å²) >= 11 is 0. The maximum absolute atomic E-state index is 5.73. The summed E-state index contributed by atoms with van der Waals surface area (Å²) in [5.41, 5.74) is 0. The molecule has 2 atom stereocenters. The summed E-state index contributed by atoms with van der Waals surface area (Å²) in [6, 6.07) is 0. The Morgan fingerprint density at radius 3 is 2.75 bits per heavy atom. The number of hydrogen-bond acceptors (Lipinski definition) is 4. The van der Waals surface area contributed by atoms with Crippen LogP contribution in [-0.2, 0) is 4.74 Å². The second-order valence-electron chi connectivity index (χ2n) is 3.31.